The molecule has 1 N–H and O–H groups in total. The minimum atomic E-state index is -0.637. The van der Waals surface area contributed by atoms with Crippen molar-refractivity contribution in [3.8, 4) is 10.6 Å². The van der Waals surface area contributed by atoms with Gasteiger partial charge in [-0.1, -0.05) is 49.4 Å². The summed E-state index contributed by atoms with van der Waals surface area (Å²) < 4.78 is 0. The molecule has 0 radical (unpaired) electrons. The number of rotatable bonds is 9. The largest absolute Gasteiger partial charge is 0.503 e. The summed E-state index contributed by atoms with van der Waals surface area (Å²) in [6.45, 7) is 10.2. The van der Waals surface area contributed by atoms with E-state index in [2.05, 4.69) is 23.7 Å². The van der Waals surface area contributed by atoms with E-state index in [9.17, 15) is 14.7 Å². The Morgan fingerprint density at radius 2 is 1.71 bits per heavy atom. The van der Waals surface area contributed by atoms with E-state index < -0.39 is 17.7 Å². The number of carbonyl (C=O) groups is 2. The van der Waals surface area contributed by atoms with Gasteiger partial charge in [-0.3, -0.25) is 9.59 Å². The number of aliphatic hydroxyl groups is 1. The van der Waals surface area contributed by atoms with Crippen molar-refractivity contribution < 1.29 is 14.7 Å². The van der Waals surface area contributed by atoms with Crippen LogP contribution in [0.2, 0.25) is 0 Å². The summed E-state index contributed by atoms with van der Waals surface area (Å²) in [6.07, 6.45) is 0.715. The first-order valence-corrected chi connectivity index (χ1v) is 12.9. The topological polar surface area (TPSA) is 73.7 Å². The Labute approximate surface area is 210 Å². The predicted octanol–water partition coefficient (Wildman–Crippen LogP) is 5.95. The molecule has 35 heavy (non-hydrogen) atoms. The van der Waals surface area contributed by atoms with Crippen molar-refractivity contribution in [3.63, 3.8) is 0 Å². The van der Waals surface area contributed by atoms with E-state index >= 15 is 0 Å². The number of ketones is 1. The van der Waals surface area contributed by atoms with Crippen LogP contribution in [0.25, 0.3) is 10.6 Å². The molecule has 0 spiro atoms. The zero-order valence-corrected chi connectivity index (χ0v) is 21.4. The number of thiazole rings is 1. The fraction of sp³-hybridized carbons (Fsp3) is 0.321. The van der Waals surface area contributed by atoms with E-state index in [1.165, 1.54) is 11.3 Å². The molecule has 0 saturated heterocycles. The zero-order valence-electron chi connectivity index (χ0n) is 20.6. The van der Waals surface area contributed by atoms with Gasteiger partial charge < -0.3 is 14.9 Å². The molecule has 0 saturated carbocycles. The molecule has 1 unspecified atom stereocenters. The number of aryl methyl sites for hydroxylation is 1. The Morgan fingerprint density at radius 3 is 2.31 bits per heavy atom. The monoisotopic (exact) mass is 489 g/mol. The fourth-order valence-electron chi connectivity index (χ4n) is 4.59. The molecule has 2 heterocycles. The van der Waals surface area contributed by atoms with Gasteiger partial charge in [-0.15, -0.1) is 11.3 Å². The van der Waals surface area contributed by atoms with Gasteiger partial charge in [-0.25, -0.2) is 4.98 Å². The molecule has 1 aliphatic rings. The van der Waals surface area contributed by atoms with Crippen LogP contribution < -0.4 is 4.90 Å². The normalized spacial score (nSPS) is 15.7. The molecule has 1 atom stereocenters. The smallest absolute Gasteiger partial charge is 0.290 e. The lowest BCUT2D eigenvalue weighted by Crippen LogP contribution is -2.32. The van der Waals surface area contributed by atoms with Gasteiger partial charge in [-0.2, -0.15) is 0 Å². The lowest BCUT2D eigenvalue weighted by atomic mass is 9.94. The van der Waals surface area contributed by atoms with Crippen LogP contribution in [0.3, 0.4) is 0 Å². The molecular weight excluding hydrogens is 458 g/mol. The third-order valence-corrected chi connectivity index (χ3v) is 7.58. The molecule has 3 aromatic rings. The first-order chi connectivity index (χ1) is 16.9. The van der Waals surface area contributed by atoms with Crippen LogP contribution in [0.1, 0.15) is 54.2 Å². The standard InChI is InChI=1S/C28H31N3O3S/c1-5-17-31-23(19-13-15-21(16-14-19)30(6-2)7-3)22(25(33)28(31)34)24(32)26-18(4)29-27(35-26)20-11-9-8-10-12-20/h8-16,23,33H,5-7,17H2,1-4H3. The second-order valence-electron chi connectivity index (χ2n) is 8.56. The number of aromatic nitrogens is 1. The van der Waals surface area contributed by atoms with Gasteiger partial charge in [-0.05, 0) is 44.9 Å². The number of aliphatic hydroxyl groups excluding tert-OH is 1. The molecule has 4 rings (SSSR count). The van der Waals surface area contributed by atoms with Crippen molar-refractivity contribution in [2.24, 2.45) is 0 Å². The second kappa shape index (κ2) is 10.4. The average Bonchev–Trinajstić information content (AvgIpc) is 3.39. The minimum Gasteiger partial charge on any atom is -0.503 e. The van der Waals surface area contributed by atoms with Gasteiger partial charge in [0, 0.05) is 30.9 Å². The van der Waals surface area contributed by atoms with E-state index in [-0.39, 0.29) is 11.4 Å². The number of benzene rings is 2. The van der Waals surface area contributed by atoms with E-state index in [4.69, 9.17) is 0 Å². The molecular formula is C28H31N3O3S. The SMILES string of the molecule is CCCN1C(=O)C(O)=C(C(=O)c2sc(-c3ccccc3)nc2C)C1c1ccc(N(CC)CC)cc1. The van der Waals surface area contributed by atoms with Crippen LogP contribution in [-0.2, 0) is 4.79 Å². The molecule has 182 valence electrons. The Kier molecular flexibility index (Phi) is 7.36. The summed E-state index contributed by atoms with van der Waals surface area (Å²) in [4.78, 5) is 35.8. The summed E-state index contributed by atoms with van der Waals surface area (Å²) in [5.74, 6) is -1.31. The number of hydrogen-bond acceptors (Lipinski definition) is 6. The molecule has 0 bridgehead atoms. The number of hydrogen-bond donors (Lipinski definition) is 1. The molecule has 2 aromatic carbocycles. The van der Waals surface area contributed by atoms with Crippen molar-refractivity contribution in [2.45, 2.75) is 40.2 Å². The van der Waals surface area contributed by atoms with Crippen molar-refractivity contribution in [1.29, 1.82) is 0 Å². The van der Waals surface area contributed by atoms with Crippen LogP contribution in [-0.4, -0.2) is 46.3 Å². The summed E-state index contributed by atoms with van der Waals surface area (Å²) in [5, 5.41) is 11.6. The van der Waals surface area contributed by atoms with Gasteiger partial charge in [0.05, 0.1) is 22.2 Å². The number of nitrogens with zero attached hydrogens (tertiary/aromatic N) is 3. The molecule has 0 fully saturated rings. The second-order valence-corrected chi connectivity index (χ2v) is 9.55. The first kappa shape index (κ1) is 24.7. The minimum absolute atomic E-state index is 0.130. The maximum absolute atomic E-state index is 13.8. The van der Waals surface area contributed by atoms with Gasteiger partial charge in [0.25, 0.3) is 5.91 Å². The lowest BCUT2D eigenvalue weighted by molar-refractivity contribution is -0.129. The average molecular weight is 490 g/mol. The van der Waals surface area contributed by atoms with Gasteiger partial charge >= 0.3 is 0 Å². The first-order valence-electron chi connectivity index (χ1n) is 12.1. The molecule has 1 amide bonds. The number of carbonyl (C=O) groups excluding carboxylic acids is 2. The highest BCUT2D eigenvalue weighted by Crippen LogP contribution is 2.41. The van der Waals surface area contributed by atoms with Crippen LogP contribution in [0, 0.1) is 6.92 Å². The lowest BCUT2D eigenvalue weighted by Gasteiger charge is -2.27. The Morgan fingerprint density at radius 1 is 1.06 bits per heavy atom. The maximum Gasteiger partial charge on any atom is 0.290 e. The highest BCUT2D eigenvalue weighted by Gasteiger charge is 2.44. The summed E-state index contributed by atoms with van der Waals surface area (Å²) >= 11 is 1.29. The maximum atomic E-state index is 13.8. The quantitative estimate of drug-likeness (QED) is 0.376. The van der Waals surface area contributed by atoms with Crippen molar-refractivity contribution in [2.75, 3.05) is 24.5 Å². The third-order valence-electron chi connectivity index (χ3n) is 6.37. The van der Waals surface area contributed by atoms with Crippen LogP contribution >= 0.6 is 11.3 Å². The van der Waals surface area contributed by atoms with Crippen LogP contribution in [0.5, 0.6) is 0 Å². The summed E-state index contributed by atoms with van der Waals surface area (Å²) in [7, 11) is 0. The van der Waals surface area contributed by atoms with E-state index in [0.717, 1.165) is 34.9 Å². The van der Waals surface area contributed by atoms with Crippen molar-refractivity contribution >= 4 is 28.7 Å². The fourth-order valence-corrected chi connectivity index (χ4v) is 5.62. The van der Waals surface area contributed by atoms with Crippen molar-refractivity contribution in [1.82, 2.24) is 9.88 Å². The van der Waals surface area contributed by atoms with E-state index in [1.807, 2.05) is 61.5 Å². The predicted molar refractivity (Wildman–Crippen MR) is 141 cm³/mol. The molecule has 0 aliphatic carbocycles. The van der Waals surface area contributed by atoms with Gasteiger partial charge in [0.1, 0.15) is 5.01 Å². The van der Waals surface area contributed by atoms with E-state index in [1.54, 1.807) is 11.8 Å². The highest BCUT2D eigenvalue weighted by atomic mass is 32.1. The molecule has 1 aliphatic heterocycles. The molecule has 1 aromatic heterocycles. The summed E-state index contributed by atoms with van der Waals surface area (Å²) in [6, 6.07) is 17.0. The number of Topliss-reactive ketones (excluding diaryl/α,β-unsaturated/α-hetero) is 1. The molecule has 6 nitrogen and oxygen atoms in total. The third kappa shape index (κ3) is 4.60. The summed E-state index contributed by atoms with van der Waals surface area (Å²) in [5.41, 5.74) is 3.54. The Hall–Kier alpha value is -3.45. The zero-order chi connectivity index (χ0) is 25.1. The molecule has 7 heteroatoms. The van der Waals surface area contributed by atoms with Crippen molar-refractivity contribution in [3.05, 3.63) is 82.1 Å². The number of amides is 1. The highest BCUT2D eigenvalue weighted by molar-refractivity contribution is 7.17. The van der Waals surface area contributed by atoms with Crippen LogP contribution in [0.4, 0.5) is 5.69 Å². The van der Waals surface area contributed by atoms with Crippen LogP contribution in [0.15, 0.2) is 65.9 Å². The number of anilines is 1. The Bertz CT molecular complexity index is 1240. The van der Waals surface area contributed by atoms with Gasteiger partial charge in [0.15, 0.2) is 5.76 Å². The Balaban J connectivity index is 1.75. The van der Waals surface area contributed by atoms with E-state index in [0.29, 0.717) is 23.5 Å². The van der Waals surface area contributed by atoms with Gasteiger partial charge in [0.2, 0.25) is 5.78 Å².